The van der Waals surface area contributed by atoms with E-state index in [0.29, 0.717) is 4.90 Å². The van der Waals surface area contributed by atoms with Gasteiger partial charge in [0.1, 0.15) is 12.6 Å². The molecule has 0 aliphatic rings. The number of benzene rings is 1. The van der Waals surface area contributed by atoms with Gasteiger partial charge < -0.3 is 4.74 Å². The van der Waals surface area contributed by atoms with Gasteiger partial charge in [-0.1, -0.05) is 25.0 Å². The average molecular weight is 281 g/mol. The van der Waals surface area contributed by atoms with Crippen molar-refractivity contribution in [2.45, 2.75) is 27.0 Å². The molecule has 0 saturated heterocycles. The van der Waals surface area contributed by atoms with Crippen LogP contribution in [0.5, 0.6) is 0 Å². The monoisotopic (exact) mass is 280 g/mol. The lowest BCUT2D eigenvalue weighted by Crippen LogP contribution is -2.35. The van der Waals surface area contributed by atoms with Gasteiger partial charge in [0.25, 0.3) is 0 Å². The molecule has 0 aliphatic carbocycles. The molecule has 4 heteroatoms. The molecule has 1 aromatic rings. The zero-order valence-electron chi connectivity index (χ0n) is 20.8. The minimum Gasteiger partial charge on any atom is -0.361 e. The second-order valence-corrected chi connectivity index (χ2v) is 3.44. The molecule has 0 atom stereocenters. The van der Waals surface area contributed by atoms with Crippen molar-refractivity contribution < 1.29 is 24.6 Å². The van der Waals surface area contributed by atoms with E-state index in [2.05, 4.69) is 0 Å². The van der Waals surface area contributed by atoms with Crippen molar-refractivity contribution in [2.24, 2.45) is 0 Å². The van der Waals surface area contributed by atoms with E-state index in [1.54, 1.807) is 6.92 Å². The van der Waals surface area contributed by atoms with E-state index < -0.39 is 73.5 Å². The Hall–Kier alpha value is -1.06. The summed E-state index contributed by atoms with van der Waals surface area (Å²) in [5.74, 6) is -1.64. The predicted molar refractivity (Wildman–Crippen MR) is 75.3 cm³/mol. The molecule has 3 nitrogen and oxygen atoms in total. The summed E-state index contributed by atoms with van der Waals surface area (Å²) in [5.41, 5.74) is -2.75. The Balaban J connectivity index is 4.22. The van der Waals surface area contributed by atoms with Crippen LogP contribution >= 0.6 is 11.6 Å². The first-order chi connectivity index (χ1) is 13.0. The summed E-state index contributed by atoms with van der Waals surface area (Å²) in [6.07, 6.45) is -3.32. The van der Waals surface area contributed by atoms with Crippen molar-refractivity contribution in [1.29, 1.82) is 0 Å². The topological polar surface area (TPSA) is 29.5 Å². The molecule has 0 fully saturated rings. The van der Waals surface area contributed by atoms with E-state index in [0.717, 1.165) is 0 Å². The number of carbonyl (C=O) groups excluding carboxylic acids is 1. The molecule has 18 heavy (non-hydrogen) atoms. The van der Waals surface area contributed by atoms with E-state index >= 15 is 0 Å². The molecule has 0 saturated carbocycles. The van der Waals surface area contributed by atoms with Gasteiger partial charge in [0.2, 0.25) is 5.91 Å². The summed E-state index contributed by atoms with van der Waals surface area (Å²) in [4.78, 5) is 13.0. The van der Waals surface area contributed by atoms with Gasteiger partial charge in [0.05, 0.1) is 9.80 Å². The summed E-state index contributed by atoms with van der Waals surface area (Å²) < 4.78 is 91.0. The number of alkyl halides is 1. The third kappa shape index (κ3) is 3.47. The van der Waals surface area contributed by atoms with Crippen molar-refractivity contribution >= 4 is 23.2 Å². The molecule has 100 valence electrons. The molecule has 0 radical (unpaired) electrons. The fourth-order valence-corrected chi connectivity index (χ4v) is 1.42. The van der Waals surface area contributed by atoms with Crippen LogP contribution in [0.3, 0.4) is 0 Å². The van der Waals surface area contributed by atoms with E-state index in [4.69, 9.17) is 31.4 Å². The van der Waals surface area contributed by atoms with Gasteiger partial charge in [-0.25, -0.2) is 0 Å². The molecule has 0 bridgehead atoms. The number of hydrogen-bond donors (Lipinski definition) is 0. The highest BCUT2D eigenvalue weighted by atomic mass is 35.5. The minimum atomic E-state index is -3.37. The largest absolute Gasteiger partial charge is 0.361 e. The zero-order valence-corrected chi connectivity index (χ0v) is 10.5. The van der Waals surface area contributed by atoms with Crippen LogP contribution in [0.4, 0.5) is 5.69 Å². The molecular weight excluding hydrogens is 250 g/mol. The van der Waals surface area contributed by atoms with Gasteiger partial charge in [0, 0.05) is 17.6 Å². The Morgan fingerprint density at radius 3 is 3.11 bits per heavy atom. The average Bonchev–Trinajstić information content (AvgIpc) is 2.57. The van der Waals surface area contributed by atoms with E-state index in [-0.39, 0.29) is 6.61 Å². The Bertz CT molecular complexity index is 777. The lowest BCUT2D eigenvalue weighted by molar-refractivity contribution is -0.117. The fraction of sp³-hybridized carbons (Fsp3) is 0.500. The molecule has 0 aromatic heterocycles. The van der Waals surface area contributed by atoms with Crippen molar-refractivity contribution in [2.75, 3.05) is 24.1 Å². The Kier molecular flexibility index (Phi) is 2.26. The van der Waals surface area contributed by atoms with Crippen LogP contribution in [0.15, 0.2) is 18.1 Å². The molecule has 1 amide bonds. The van der Waals surface area contributed by atoms with Gasteiger partial charge in [-0.3, -0.25) is 9.69 Å². The number of nitrogens with zero attached hydrogens (tertiary/aromatic N) is 1. The molecule has 0 N–H and O–H groups in total. The molecule has 0 spiro atoms. The third-order valence-electron chi connectivity index (χ3n) is 2.08. The maximum absolute atomic E-state index is 12.4. The van der Waals surface area contributed by atoms with Crippen LogP contribution < -0.4 is 4.90 Å². The number of ether oxygens (including phenoxy) is 1. The number of para-hydroxylation sites is 1. The molecule has 0 heterocycles. The summed E-state index contributed by atoms with van der Waals surface area (Å²) in [7, 11) is 0. The highest BCUT2D eigenvalue weighted by Crippen LogP contribution is 2.26. The second-order valence-electron chi connectivity index (χ2n) is 3.18. The maximum atomic E-state index is 12.4. The summed E-state index contributed by atoms with van der Waals surface area (Å²) in [6.45, 7) is -5.50. The first-order valence-electron chi connectivity index (χ1n) is 10.6. The standard InChI is InChI=1S/C14H20ClNO2/c1-4-12-8-6-7-11(3)14(12)16(10-18-5-2)13(17)9-15/h6-8H,4-5,9-10H2,1-3H3/i1D3,3D3,4D2,6D,7D,8D. The van der Waals surface area contributed by atoms with E-state index in [1.807, 2.05) is 0 Å². The molecule has 1 rings (SSSR count). The maximum Gasteiger partial charge on any atom is 0.243 e. The highest BCUT2D eigenvalue weighted by Gasteiger charge is 2.19. The summed E-state index contributed by atoms with van der Waals surface area (Å²) >= 11 is 5.59. The smallest absolute Gasteiger partial charge is 0.243 e. The van der Waals surface area contributed by atoms with Crippen molar-refractivity contribution in [3.8, 4) is 0 Å². The number of anilines is 1. The normalized spacial score (nSPS) is 21.6. The highest BCUT2D eigenvalue weighted by molar-refractivity contribution is 6.29. The lowest BCUT2D eigenvalue weighted by Gasteiger charge is -2.25. The van der Waals surface area contributed by atoms with Crippen LogP contribution in [0.2, 0.25) is 0 Å². The zero-order chi connectivity index (χ0) is 22.9. The summed E-state index contributed by atoms with van der Waals surface area (Å²) in [6, 6.07) is -2.93. The van der Waals surface area contributed by atoms with Crippen LogP contribution in [0.1, 0.15) is 40.0 Å². The molecular formula is C14H20ClNO2. The van der Waals surface area contributed by atoms with Crippen LogP contribution in [0.25, 0.3) is 0 Å². The number of rotatable bonds is 6. The Labute approximate surface area is 129 Å². The minimum absolute atomic E-state index is 0.0641. The van der Waals surface area contributed by atoms with E-state index in [9.17, 15) is 4.79 Å². The van der Waals surface area contributed by atoms with Gasteiger partial charge >= 0.3 is 0 Å². The third-order valence-corrected chi connectivity index (χ3v) is 2.31. The van der Waals surface area contributed by atoms with Crippen LogP contribution in [0, 0.1) is 6.85 Å². The molecule has 1 aromatic carbocycles. The lowest BCUT2D eigenvalue weighted by atomic mass is 10.0. The number of amides is 1. The fourth-order valence-electron chi connectivity index (χ4n) is 1.28. The number of hydrogen-bond acceptors (Lipinski definition) is 2. The van der Waals surface area contributed by atoms with Gasteiger partial charge in [0.15, 0.2) is 0 Å². The van der Waals surface area contributed by atoms with Crippen LogP contribution in [-0.2, 0) is 15.9 Å². The van der Waals surface area contributed by atoms with Crippen molar-refractivity contribution in [3.63, 3.8) is 0 Å². The Morgan fingerprint density at radius 2 is 2.50 bits per heavy atom. The molecule has 0 unspecified atom stereocenters. The first-order valence-corrected chi connectivity index (χ1v) is 5.66. The first kappa shape index (κ1) is 5.51. The van der Waals surface area contributed by atoms with Crippen LogP contribution in [-0.4, -0.2) is 25.1 Å². The van der Waals surface area contributed by atoms with Crippen molar-refractivity contribution in [3.05, 3.63) is 29.3 Å². The van der Waals surface area contributed by atoms with E-state index in [1.165, 1.54) is 0 Å². The van der Waals surface area contributed by atoms with Gasteiger partial charge in [-0.05, 0) is 31.3 Å². The quantitative estimate of drug-likeness (QED) is 0.592. The summed E-state index contributed by atoms with van der Waals surface area (Å²) in [5, 5.41) is 0. The predicted octanol–water partition coefficient (Wildman–Crippen LogP) is 3.12. The van der Waals surface area contributed by atoms with Crippen molar-refractivity contribution in [1.82, 2.24) is 0 Å². The number of halogens is 1. The van der Waals surface area contributed by atoms with Gasteiger partial charge in [-0.2, -0.15) is 0 Å². The van der Waals surface area contributed by atoms with Gasteiger partial charge in [-0.15, -0.1) is 11.6 Å². The number of carbonyl (C=O) groups is 1. The SMILES string of the molecule is [2H]c1c([2H])c(C([2H])([2H])[2H])c(N(COCC)C(=O)CCl)c(C([2H])([2H])C([2H])([2H])[2H])c1[2H]. The Morgan fingerprint density at radius 1 is 1.67 bits per heavy atom. The second kappa shape index (κ2) is 7.39. The molecule has 0 aliphatic heterocycles.